The average molecular weight is 329 g/mol. The summed E-state index contributed by atoms with van der Waals surface area (Å²) >= 11 is 3.44. The zero-order chi connectivity index (χ0) is 13.6. The molecule has 0 N–H and O–H groups in total. The molecule has 3 heterocycles. The second kappa shape index (κ2) is 4.38. The number of hydrogen-bond donors (Lipinski definition) is 0. The van der Waals surface area contributed by atoms with E-state index in [1.165, 1.54) is 6.42 Å². The van der Waals surface area contributed by atoms with Crippen LogP contribution in [0.1, 0.15) is 30.7 Å². The lowest BCUT2D eigenvalue weighted by Crippen LogP contribution is -2.36. The van der Waals surface area contributed by atoms with Gasteiger partial charge in [0.25, 0.3) is 0 Å². The number of aromatic nitrogens is 4. The molecule has 4 nitrogen and oxygen atoms in total. The number of pyridine rings is 1. The minimum atomic E-state index is -0.0333. The summed E-state index contributed by atoms with van der Waals surface area (Å²) in [5.74, 6) is 0. The highest BCUT2D eigenvalue weighted by Crippen LogP contribution is 2.47. The van der Waals surface area contributed by atoms with Crippen LogP contribution in [0.25, 0.3) is 5.65 Å². The number of fused-ring (bicyclic) bond motifs is 1. The van der Waals surface area contributed by atoms with Crippen LogP contribution in [-0.2, 0) is 5.41 Å². The zero-order valence-corrected chi connectivity index (χ0v) is 12.4. The van der Waals surface area contributed by atoms with Crippen molar-refractivity contribution in [1.29, 1.82) is 0 Å². The van der Waals surface area contributed by atoms with E-state index in [1.54, 1.807) is 6.20 Å². The van der Waals surface area contributed by atoms with Crippen LogP contribution in [0, 0.1) is 0 Å². The van der Waals surface area contributed by atoms with E-state index in [9.17, 15) is 0 Å². The molecule has 1 fully saturated rings. The van der Waals surface area contributed by atoms with E-state index in [-0.39, 0.29) is 5.41 Å². The molecule has 1 aliphatic carbocycles. The fraction of sp³-hybridized carbons (Fsp3) is 0.267. The topological polar surface area (TPSA) is 43.1 Å². The van der Waals surface area contributed by atoms with E-state index >= 15 is 0 Å². The van der Waals surface area contributed by atoms with E-state index < -0.39 is 0 Å². The highest BCUT2D eigenvalue weighted by Gasteiger charge is 2.43. The lowest BCUT2D eigenvalue weighted by atomic mass is 9.64. The highest BCUT2D eigenvalue weighted by atomic mass is 79.9. The van der Waals surface area contributed by atoms with Gasteiger partial charge in [0.15, 0.2) is 5.65 Å². The molecule has 3 aromatic heterocycles. The summed E-state index contributed by atoms with van der Waals surface area (Å²) < 4.78 is 2.85. The summed E-state index contributed by atoms with van der Waals surface area (Å²) in [6.45, 7) is 0. The van der Waals surface area contributed by atoms with Gasteiger partial charge in [-0.1, -0.05) is 6.42 Å². The van der Waals surface area contributed by atoms with Crippen molar-refractivity contribution in [2.24, 2.45) is 0 Å². The molecule has 100 valence electrons. The molecule has 1 saturated carbocycles. The molecule has 4 rings (SSSR count). The number of nitrogens with zero attached hydrogens (tertiary/aromatic N) is 4. The quantitative estimate of drug-likeness (QED) is 0.724. The van der Waals surface area contributed by atoms with Gasteiger partial charge in [-0.05, 0) is 47.0 Å². The van der Waals surface area contributed by atoms with Crippen molar-refractivity contribution in [2.75, 3.05) is 0 Å². The van der Waals surface area contributed by atoms with Crippen LogP contribution < -0.4 is 0 Å². The van der Waals surface area contributed by atoms with Crippen LogP contribution >= 0.6 is 15.9 Å². The van der Waals surface area contributed by atoms with Crippen molar-refractivity contribution in [2.45, 2.75) is 24.7 Å². The SMILES string of the molecule is Brc1ccc(C2(c3cc4ncccn4n3)CCC2)nc1. The molecule has 0 aliphatic heterocycles. The normalized spacial score (nSPS) is 17.1. The van der Waals surface area contributed by atoms with Gasteiger partial charge in [0.05, 0.1) is 16.8 Å². The Kier molecular flexibility index (Phi) is 2.63. The monoisotopic (exact) mass is 328 g/mol. The van der Waals surface area contributed by atoms with Gasteiger partial charge in [0.1, 0.15) is 0 Å². The molecule has 5 heteroatoms. The lowest BCUT2D eigenvalue weighted by Gasteiger charge is -2.39. The third kappa shape index (κ3) is 1.69. The Morgan fingerprint density at radius 3 is 2.70 bits per heavy atom. The fourth-order valence-corrected chi connectivity index (χ4v) is 3.13. The van der Waals surface area contributed by atoms with Crippen molar-refractivity contribution < 1.29 is 0 Å². The second-order valence-electron chi connectivity index (χ2n) is 5.25. The first-order valence-corrected chi connectivity index (χ1v) is 7.50. The molecule has 20 heavy (non-hydrogen) atoms. The van der Waals surface area contributed by atoms with Crippen LogP contribution in [0.3, 0.4) is 0 Å². The van der Waals surface area contributed by atoms with Crippen molar-refractivity contribution >= 4 is 21.6 Å². The fourth-order valence-electron chi connectivity index (χ4n) is 2.90. The molecule has 0 saturated heterocycles. The average Bonchev–Trinajstić information content (AvgIpc) is 2.83. The van der Waals surface area contributed by atoms with Crippen LogP contribution in [0.2, 0.25) is 0 Å². The lowest BCUT2D eigenvalue weighted by molar-refractivity contribution is 0.285. The molecule has 0 spiro atoms. The predicted octanol–water partition coefficient (Wildman–Crippen LogP) is 3.36. The predicted molar refractivity (Wildman–Crippen MR) is 79.6 cm³/mol. The summed E-state index contributed by atoms with van der Waals surface area (Å²) in [6, 6.07) is 8.13. The van der Waals surface area contributed by atoms with Crippen LogP contribution in [0.4, 0.5) is 0 Å². The number of halogens is 1. The van der Waals surface area contributed by atoms with Crippen molar-refractivity contribution in [3.8, 4) is 0 Å². The number of rotatable bonds is 2. The van der Waals surface area contributed by atoms with E-state index in [4.69, 9.17) is 5.10 Å². The Labute approximate surface area is 125 Å². The standard InChI is InChI=1S/C15H13BrN4/c16-11-3-4-12(18-10-11)15(5-1-6-15)13-9-14-17-7-2-8-20(14)19-13/h2-4,7-10H,1,5-6H2. The van der Waals surface area contributed by atoms with Gasteiger partial charge in [0.2, 0.25) is 0 Å². The molecule has 0 radical (unpaired) electrons. The van der Waals surface area contributed by atoms with Gasteiger partial charge in [-0.3, -0.25) is 4.98 Å². The van der Waals surface area contributed by atoms with Gasteiger partial charge in [0, 0.05) is 29.1 Å². The summed E-state index contributed by atoms with van der Waals surface area (Å²) in [5.41, 5.74) is 3.05. The second-order valence-corrected chi connectivity index (χ2v) is 6.17. The first-order valence-electron chi connectivity index (χ1n) is 6.71. The summed E-state index contributed by atoms with van der Waals surface area (Å²) in [5, 5.41) is 4.71. The summed E-state index contributed by atoms with van der Waals surface area (Å²) in [4.78, 5) is 8.96. The van der Waals surface area contributed by atoms with Crippen molar-refractivity contribution in [3.05, 3.63) is 58.7 Å². The third-order valence-electron chi connectivity index (χ3n) is 4.15. The zero-order valence-electron chi connectivity index (χ0n) is 10.8. The smallest absolute Gasteiger partial charge is 0.155 e. The van der Waals surface area contributed by atoms with Gasteiger partial charge in [-0.25, -0.2) is 9.50 Å². The minimum absolute atomic E-state index is 0.0333. The number of hydrogen-bond acceptors (Lipinski definition) is 3. The van der Waals surface area contributed by atoms with Crippen LogP contribution in [-0.4, -0.2) is 19.6 Å². The van der Waals surface area contributed by atoms with Gasteiger partial charge in [-0.15, -0.1) is 0 Å². The van der Waals surface area contributed by atoms with Crippen LogP contribution in [0.15, 0.2) is 47.3 Å². The van der Waals surface area contributed by atoms with Crippen LogP contribution in [0.5, 0.6) is 0 Å². The van der Waals surface area contributed by atoms with Gasteiger partial charge in [-0.2, -0.15) is 5.10 Å². The molecule has 0 unspecified atom stereocenters. The van der Waals surface area contributed by atoms with Gasteiger partial charge >= 0.3 is 0 Å². The minimum Gasteiger partial charge on any atom is -0.259 e. The van der Waals surface area contributed by atoms with E-state index in [2.05, 4.69) is 44.1 Å². The summed E-state index contributed by atoms with van der Waals surface area (Å²) in [6.07, 6.45) is 9.03. The molecule has 3 aromatic rings. The molecule has 0 bridgehead atoms. The molecular formula is C15H13BrN4. The van der Waals surface area contributed by atoms with E-state index in [0.29, 0.717) is 0 Å². The van der Waals surface area contributed by atoms with Gasteiger partial charge < -0.3 is 0 Å². The molecule has 0 atom stereocenters. The maximum Gasteiger partial charge on any atom is 0.155 e. The Bertz CT molecular complexity index is 726. The molecule has 0 aromatic carbocycles. The van der Waals surface area contributed by atoms with Crippen molar-refractivity contribution in [1.82, 2.24) is 19.6 Å². The Morgan fingerprint density at radius 2 is 2.05 bits per heavy atom. The van der Waals surface area contributed by atoms with Crippen molar-refractivity contribution in [3.63, 3.8) is 0 Å². The first-order chi connectivity index (χ1) is 9.78. The summed E-state index contributed by atoms with van der Waals surface area (Å²) in [7, 11) is 0. The van der Waals surface area contributed by atoms with E-state index in [1.807, 2.05) is 23.0 Å². The first kappa shape index (κ1) is 12.0. The molecule has 0 amide bonds. The van der Waals surface area contributed by atoms with E-state index in [0.717, 1.165) is 34.3 Å². The Morgan fingerprint density at radius 1 is 1.15 bits per heavy atom. The third-order valence-corrected chi connectivity index (χ3v) is 4.62. The maximum absolute atomic E-state index is 4.71. The largest absolute Gasteiger partial charge is 0.259 e. The highest BCUT2D eigenvalue weighted by molar-refractivity contribution is 9.10. The Balaban J connectivity index is 1.86. The molecular weight excluding hydrogens is 316 g/mol. The maximum atomic E-state index is 4.71. The Hall–Kier alpha value is -1.75. The molecule has 1 aliphatic rings.